The standard InChI is InChI=1S/C19H17F5N2O2S/c1-10-11(2)15(29-19(22,23)24)9-8-14(10)25(3)18(28)26(4)17(27)16-12(20)6-5-7-13(16)21/h5-9H,1-4H3. The van der Waals surface area contributed by atoms with E-state index in [4.69, 9.17) is 0 Å². The molecule has 0 radical (unpaired) electrons. The normalized spacial score (nSPS) is 11.3. The van der Waals surface area contributed by atoms with E-state index in [-0.39, 0.29) is 22.3 Å². The molecule has 0 aromatic heterocycles. The Kier molecular flexibility index (Phi) is 6.56. The van der Waals surface area contributed by atoms with Crippen LogP contribution in [-0.4, -0.2) is 36.4 Å². The minimum absolute atomic E-state index is 0.0162. The fraction of sp³-hybridized carbons (Fsp3) is 0.263. The molecular weight excluding hydrogens is 415 g/mol. The van der Waals surface area contributed by atoms with Gasteiger partial charge in [-0.3, -0.25) is 14.6 Å². The fourth-order valence-electron chi connectivity index (χ4n) is 2.66. The molecule has 0 aliphatic heterocycles. The van der Waals surface area contributed by atoms with Gasteiger partial charge < -0.3 is 0 Å². The molecule has 0 saturated heterocycles. The first kappa shape index (κ1) is 22.7. The molecule has 0 saturated carbocycles. The summed E-state index contributed by atoms with van der Waals surface area (Å²) in [5.41, 5.74) is -4.36. The molecule has 2 aromatic carbocycles. The van der Waals surface area contributed by atoms with Gasteiger partial charge in [0.15, 0.2) is 0 Å². The SMILES string of the molecule is Cc1c(SC(F)(F)F)ccc(N(C)C(=O)N(C)C(=O)c2c(F)cccc2F)c1C. The minimum atomic E-state index is -4.46. The van der Waals surface area contributed by atoms with Crippen molar-refractivity contribution in [1.82, 2.24) is 4.90 Å². The van der Waals surface area contributed by atoms with E-state index in [9.17, 15) is 31.5 Å². The van der Waals surface area contributed by atoms with Crippen molar-refractivity contribution in [2.75, 3.05) is 19.0 Å². The maximum absolute atomic E-state index is 13.8. The highest BCUT2D eigenvalue weighted by atomic mass is 32.2. The topological polar surface area (TPSA) is 40.6 Å². The molecule has 2 rings (SSSR count). The molecule has 0 unspecified atom stereocenters. The molecule has 0 aliphatic carbocycles. The highest BCUT2D eigenvalue weighted by Crippen LogP contribution is 2.40. The van der Waals surface area contributed by atoms with Crippen LogP contribution in [0.5, 0.6) is 0 Å². The van der Waals surface area contributed by atoms with Crippen molar-refractivity contribution in [2.45, 2.75) is 24.3 Å². The Morgan fingerprint density at radius 1 is 0.931 bits per heavy atom. The van der Waals surface area contributed by atoms with E-state index in [2.05, 4.69) is 0 Å². The molecule has 2 aromatic rings. The molecule has 0 heterocycles. The van der Waals surface area contributed by atoms with E-state index in [1.807, 2.05) is 0 Å². The van der Waals surface area contributed by atoms with Crippen LogP contribution >= 0.6 is 11.8 Å². The van der Waals surface area contributed by atoms with Gasteiger partial charge in [0.2, 0.25) is 0 Å². The van der Waals surface area contributed by atoms with Gasteiger partial charge in [0.25, 0.3) is 5.91 Å². The van der Waals surface area contributed by atoms with E-state index in [1.54, 1.807) is 0 Å². The first-order chi connectivity index (χ1) is 13.3. The van der Waals surface area contributed by atoms with Crippen molar-refractivity contribution < 1.29 is 31.5 Å². The first-order valence-electron chi connectivity index (χ1n) is 8.20. The molecule has 0 spiro atoms. The summed E-state index contributed by atoms with van der Waals surface area (Å²) in [5.74, 6) is -3.41. The quantitative estimate of drug-likeness (QED) is 0.474. The Balaban J connectivity index is 2.32. The zero-order valence-electron chi connectivity index (χ0n) is 15.9. The van der Waals surface area contributed by atoms with Crippen LogP contribution < -0.4 is 4.90 Å². The monoisotopic (exact) mass is 432 g/mol. The number of hydrogen-bond acceptors (Lipinski definition) is 3. The van der Waals surface area contributed by atoms with Gasteiger partial charge in [-0.15, -0.1) is 0 Å². The summed E-state index contributed by atoms with van der Waals surface area (Å²) in [6, 6.07) is 4.50. The number of hydrogen-bond donors (Lipinski definition) is 0. The average Bonchev–Trinajstić information content (AvgIpc) is 2.62. The first-order valence-corrected chi connectivity index (χ1v) is 9.02. The van der Waals surface area contributed by atoms with Gasteiger partial charge in [0.05, 0.1) is 0 Å². The second-order valence-electron chi connectivity index (χ2n) is 6.18. The Morgan fingerprint density at radius 2 is 1.48 bits per heavy atom. The number of rotatable bonds is 3. The van der Waals surface area contributed by atoms with Crippen LogP contribution in [0.3, 0.4) is 0 Å². The second-order valence-corrected chi connectivity index (χ2v) is 7.29. The van der Waals surface area contributed by atoms with Crippen molar-refractivity contribution in [1.29, 1.82) is 0 Å². The number of halogens is 5. The summed E-state index contributed by atoms with van der Waals surface area (Å²) in [6.45, 7) is 3.02. The molecule has 10 heteroatoms. The van der Waals surface area contributed by atoms with Gasteiger partial charge in [0, 0.05) is 24.7 Å². The van der Waals surface area contributed by atoms with Crippen LogP contribution in [0.15, 0.2) is 35.2 Å². The lowest BCUT2D eigenvalue weighted by molar-refractivity contribution is -0.0328. The van der Waals surface area contributed by atoms with E-state index in [0.717, 1.165) is 30.1 Å². The number of nitrogens with zero attached hydrogens (tertiary/aromatic N) is 2. The molecular formula is C19H17F5N2O2S. The van der Waals surface area contributed by atoms with Gasteiger partial charge in [-0.1, -0.05) is 6.07 Å². The molecule has 0 N–H and O–H groups in total. The van der Waals surface area contributed by atoms with Crippen molar-refractivity contribution in [3.8, 4) is 0 Å². The highest BCUT2D eigenvalue weighted by Gasteiger charge is 2.31. The average molecular weight is 432 g/mol. The van der Waals surface area contributed by atoms with E-state index < -0.39 is 34.6 Å². The Bertz CT molecular complexity index is 942. The maximum Gasteiger partial charge on any atom is 0.446 e. The summed E-state index contributed by atoms with van der Waals surface area (Å²) in [5, 5.41) is 0. The summed E-state index contributed by atoms with van der Waals surface area (Å²) in [7, 11) is 2.37. The fourth-order valence-corrected chi connectivity index (χ4v) is 3.36. The summed E-state index contributed by atoms with van der Waals surface area (Å²) in [4.78, 5) is 26.6. The third-order valence-electron chi connectivity index (χ3n) is 4.35. The van der Waals surface area contributed by atoms with E-state index >= 15 is 0 Å². The number of carbonyl (C=O) groups excluding carboxylic acids is 2. The van der Waals surface area contributed by atoms with Crippen molar-refractivity contribution in [3.63, 3.8) is 0 Å². The molecule has 3 amide bonds. The number of benzene rings is 2. The Labute approximate surface area is 168 Å². The van der Waals surface area contributed by atoms with Crippen molar-refractivity contribution in [3.05, 3.63) is 58.7 Å². The largest absolute Gasteiger partial charge is 0.446 e. The lowest BCUT2D eigenvalue weighted by atomic mass is 10.1. The molecule has 0 atom stereocenters. The molecule has 4 nitrogen and oxygen atoms in total. The number of imide groups is 1. The molecule has 0 bridgehead atoms. The molecule has 0 fully saturated rings. The summed E-state index contributed by atoms with van der Waals surface area (Å²) in [6.07, 6.45) is 0. The van der Waals surface area contributed by atoms with Crippen LogP contribution in [0.2, 0.25) is 0 Å². The Morgan fingerprint density at radius 3 is 2.00 bits per heavy atom. The number of amides is 3. The van der Waals surface area contributed by atoms with Gasteiger partial charge >= 0.3 is 11.5 Å². The van der Waals surface area contributed by atoms with E-state index in [1.165, 1.54) is 33.0 Å². The van der Waals surface area contributed by atoms with Crippen LogP contribution in [0.4, 0.5) is 32.4 Å². The third-order valence-corrected chi connectivity index (χ3v) is 5.24. The van der Waals surface area contributed by atoms with E-state index in [0.29, 0.717) is 16.0 Å². The van der Waals surface area contributed by atoms with Gasteiger partial charge in [-0.05, 0) is 61.0 Å². The van der Waals surface area contributed by atoms with Crippen LogP contribution in [0, 0.1) is 25.5 Å². The molecule has 29 heavy (non-hydrogen) atoms. The predicted molar refractivity (Wildman–Crippen MR) is 100 cm³/mol. The number of thioether (sulfide) groups is 1. The van der Waals surface area contributed by atoms with Gasteiger partial charge in [-0.2, -0.15) is 13.2 Å². The predicted octanol–water partition coefficient (Wildman–Crippen LogP) is 5.52. The molecule has 0 aliphatic rings. The number of alkyl halides is 3. The van der Waals surface area contributed by atoms with Gasteiger partial charge in [-0.25, -0.2) is 13.6 Å². The van der Waals surface area contributed by atoms with Crippen molar-refractivity contribution >= 4 is 29.4 Å². The molecule has 156 valence electrons. The number of urea groups is 1. The third kappa shape index (κ3) is 4.87. The van der Waals surface area contributed by atoms with Crippen molar-refractivity contribution in [2.24, 2.45) is 0 Å². The smallest absolute Gasteiger partial charge is 0.297 e. The van der Waals surface area contributed by atoms with Crippen LogP contribution in [-0.2, 0) is 0 Å². The zero-order valence-corrected chi connectivity index (χ0v) is 16.7. The highest BCUT2D eigenvalue weighted by molar-refractivity contribution is 8.00. The number of carbonyl (C=O) groups is 2. The van der Waals surface area contributed by atoms with Crippen LogP contribution in [0.25, 0.3) is 0 Å². The van der Waals surface area contributed by atoms with Gasteiger partial charge in [0.1, 0.15) is 17.2 Å². The second kappa shape index (κ2) is 8.40. The Hall–Kier alpha value is -2.62. The lowest BCUT2D eigenvalue weighted by Crippen LogP contribution is -2.43. The maximum atomic E-state index is 13.8. The summed E-state index contributed by atoms with van der Waals surface area (Å²) < 4.78 is 65.6. The zero-order chi connectivity index (χ0) is 22.1. The van der Waals surface area contributed by atoms with Crippen LogP contribution in [0.1, 0.15) is 21.5 Å². The minimum Gasteiger partial charge on any atom is -0.297 e. The summed E-state index contributed by atoms with van der Waals surface area (Å²) >= 11 is -0.269. The lowest BCUT2D eigenvalue weighted by Gasteiger charge is -2.26. The number of anilines is 1.